The first kappa shape index (κ1) is 11.8. The topological polar surface area (TPSA) is 56.0 Å². The third kappa shape index (κ3) is 1.80. The molecule has 3 aromatic heterocycles. The van der Waals surface area contributed by atoms with E-state index in [2.05, 4.69) is 9.97 Å². The van der Waals surface area contributed by atoms with Crippen LogP contribution in [0.3, 0.4) is 0 Å². The largest absolute Gasteiger partial charge is 0.437 e. The monoisotopic (exact) mass is 274 g/mol. The van der Waals surface area contributed by atoms with Gasteiger partial charge in [0, 0.05) is 18.0 Å². The lowest BCUT2D eigenvalue weighted by atomic mass is 10.1. The highest BCUT2D eigenvalue weighted by Crippen LogP contribution is 2.27. The summed E-state index contributed by atoms with van der Waals surface area (Å²) in [6.07, 6.45) is 3.33. The molecule has 0 radical (unpaired) electrons. The van der Waals surface area contributed by atoms with Crippen molar-refractivity contribution in [3.8, 4) is 11.3 Å². The number of para-hydroxylation sites is 1. The smallest absolute Gasteiger partial charge is 0.230 e. The second-order valence-electron chi connectivity index (χ2n) is 4.68. The van der Waals surface area contributed by atoms with Crippen LogP contribution in [0.1, 0.15) is 0 Å². The Morgan fingerprint density at radius 1 is 0.810 bits per heavy atom. The zero-order valence-electron chi connectivity index (χ0n) is 11.0. The molecular weight excluding hydrogens is 264 g/mol. The van der Waals surface area contributed by atoms with Crippen LogP contribution >= 0.6 is 0 Å². The Balaban J connectivity index is 2.18. The van der Waals surface area contributed by atoms with E-state index >= 15 is 0 Å². The van der Waals surface area contributed by atoms with Gasteiger partial charge < -0.3 is 4.42 Å². The van der Waals surface area contributed by atoms with Crippen LogP contribution in [0.15, 0.2) is 70.1 Å². The van der Waals surface area contributed by atoms with Gasteiger partial charge in [-0.05, 0) is 36.4 Å². The minimum Gasteiger partial charge on any atom is -0.437 e. The van der Waals surface area contributed by atoms with Crippen LogP contribution in [0.4, 0.5) is 0 Å². The molecule has 0 saturated heterocycles. The number of aromatic nitrogens is 2. The molecule has 0 atom stereocenters. The second-order valence-corrected chi connectivity index (χ2v) is 4.68. The Labute approximate surface area is 119 Å². The molecule has 4 rings (SSSR count). The zero-order chi connectivity index (χ0) is 14.2. The lowest BCUT2D eigenvalue weighted by Gasteiger charge is -2.05. The Morgan fingerprint density at radius 3 is 2.52 bits per heavy atom. The van der Waals surface area contributed by atoms with E-state index in [0.717, 1.165) is 11.3 Å². The van der Waals surface area contributed by atoms with Gasteiger partial charge in [0.2, 0.25) is 11.1 Å². The van der Waals surface area contributed by atoms with E-state index in [1.165, 1.54) is 0 Å². The van der Waals surface area contributed by atoms with Crippen molar-refractivity contribution in [3.05, 3.63) is 71.1 Å². The fraction of sp³-hybridized carbons (Fsp3) is 0. The van der Waals surface area contributed by atoms with Crippen molar-refractivity contribution >= 4 is 22.1 Å². The lowest BCUT2D eigenvalue weighted by molar-refractivity contribution is 0.645. The normalized spacial score (nSPS) is 11.0. The Bertz CT molecular complexity index is 1010. The van der Waals surface area contributed by atoms with Crippen LogP contribution in [-0.2, 0) is 0 Å². The predicted octanol–water partition coefficient (Wildman–Crippen LogP) is 3.40. The molecule has 0 aliphatic carbocycles. The summed E-state index contributed by atoms with van der Waals surface area (Å²) in [5.74, 6) is 0. The van der Waals surface area contributed by atoms with Crippen molar-refractivity contribution in [2.24, 2.45) is 0 Å². The molecule has 1 aromatic carbocycles. The maximum absolute atomic E-state index is 12.6. The first-order valence-corrected chi connectivity index (χ1v) is 6.56. The first-order valence-electron chi connectivity index (χ1n) is 6.56. The summed E-state index contributed by atoms with van der Waals surface area (Å²) in [5.41, 5.74) is 2.35. The maximum atomic E-state index is 12.6. The van der Waals surface area contributed by atoms with E-state index in [1.54, 1.807) is 30.6 Å². The highest BCUT2D eigenvalue weighted by molar-refractivity contribution is 5.96. The fourth-order valence-electron chi connectivity index (χ4n) is 2.44. The number of nitrogens with zero attached hydrogens (tertiary/aromatic N) is 2. The SMILES string of the molecule is O=c1c2cccnc2oc2c(-c3ccccn3)cccc12. The fourth-order valence-corrected chi connectivity index (χ4v) is 2.44. The Hall–Kier alpha value is -3.01. The summed E-state index contributed by atoms with van der Waals surface area (Å²) in [7, 11) is 0. The minimum absolute atomic E-state index is 0.0721. The quantitative estimate of drug-likeness (QED) is 0.499. The molecule has 0 N–H and O–H groups in total. The van der Waals surface area contributed by atoms with Gasteiger partial charge in [-0.15, -0.1) is 0 Å². The summed E-state index contributed by atoms with van der Waals surface area (Å²) >= 11 is 0. The molecule has 0 aliphatic rings. The van der Waals surface area contributed by atoms with Gasteiger partial charge in [-0.25, -0.2) is 4.98 Å². The Kier molecular flexibility index (Phi) is 2.54. The predicted molar refractivity (Wildman–Crippen MR) is 81.0 cm³/mol. The van der Waals surface area contributed by atoms with Gasteiger partial charge >= 0.3 is 0 Å². The summed E-state index contributed by atoms with van der Waals surface area (Å²) in [6.45, 7) is 0. The van der Waals surface area contributed by atoms with Crippen LogP contribution in [0, 0.1) is 0 Å². The van der Waals surface area contributed by atoms with E-state index in [9.17, 15) is 4.79 Å². The van der Waals surface area contributed by atoms with E-state index in [1.807, 2.05) is 30.3 Å². The molecular formula is C17H10N2O2. The number of fused-ring (bicyclic) bond motifs is 2. The average molecular weight is 274 g/mol. The van der Waals surface area contributed by atoms with Gasteiger partial charge in [0.15, 0.2) is 0 Å². The standard InChI is InChI=1S/C17H10N2O2/c20-15-12-6-3-5-11(14-8-1-2-9-18-14)16(12)21-17-13(15)7-4-10-19-17/h1-10H. The molecule has 0 unspecified atom stereocenters. The van der Waals surface area contributed by atoms with Crippen LogP contribution in [0.5, 0.6) is 0 Å². The maximum Gasteiger partial charge on any atom is 0.230 e. The van der Waals surface area contributed by atoms with Crippen molar-refractivity contribution < 1.29 is 4.42 Å². The first-order chi connectivity index (χ1) is 10.3. The molecule has 4 aromatic rings. The molecule has 0 spiro atoms. The molecule has 3 heterocycles. The number of benzene rings is 1. The summed E-state index contributed by atoms with van der Waals surface area (Å²) < 4.78 is 5.86. The lowest BCUT2D eigenvalue weighted by Crippen LogP contribution is -2.03. The number of hydrogen-bond acceptors (Lipinski definition) is 4. The van der Waals surface area contributed by atoms with Crippen LogP contribution in [-0.4, -0.2) is 9.97 Å². The summed E-state index contributed by atoms with van der Waals surface area (Å²) in [5, 5.41) is 1.03. The number of pyridine rings is 2. The van der Waals surface area contributed by atoms with Gasteiger partial charge in [-0.3, -0.25) is 9.78 Å². The van der Waals surface area contributed by atoms with Gasteiger partial charge in [-0.1, -0.05) is 12.1 Å². The highest BCUT2D eigenvalue weighted by Gasteiger charge is 2.12. The van der Waals surface area contributed by atoms with Crippen molar-refractivity contribution in [2.75, 3.05) is 0 Å². The molecule has 4 heteroatoms. The van der Waals surface area contributed by atoms with Crippen LogP contribution in [0.2, 0.25) is 0 Å². The van der Waals surface area contributed by atoms with E-state index < -0.39 is 0 Å². The Morgan fingerprint density at radius 2 is 1.67 bits per heavy atom. The molecule has 0 amide bonds. The molecule has 100 valence electrons. The molecule has 0 saturated carbocycles. The van der Waals surface area contributed by atoms with Crippen LogP contribution < -0.4 is 5.43 Å². The minimum atomic E-state index is -0.0721. The van der Waals surface area contributed by atoms with Crippen molar-refractivity contribution in [2.45, 2.75) is 0 Å². The van der Waals surface area contributed by atoms with E-state index in [0.29, 0.717) is 22.1 Å². The van der Waals surface area contributed by atoms with Crippen molar-refractivity contribution in [1.82, 2.24) is 9.97 Å². The zero-order valence-corrected chi connectivity index (χ0v) is 11.0. The van der Waals surface area contributed by atoms with Gasteiger partial charge in [0.25, 0.3) is 0 Å². The second kappa shape index (κ2) is 4.52. The average Bonchev–Trinajstić information content (AvgIpc) is 2.56. The number of rotatable bonds is 1. The van der Waals surface area contributed by atoms with Gasteiger partial charge in [-0.2, -0.15) is 0 Å². The molecule has 0 aliphatic heterocycles. The summed E-state index contributed by atoms with van der Waals surface area (Å²) in [6, 6.07) is 14.6. The molecule has 4 nitrogen and oxygen atoms in total. The third-order valence-corrected chi connectivity index (χ3v) is 3.42. The van der Waals surface area contributed by atoms with Gasteiger partial charge in [0.1, 0.15) is 5.58 Å². The third-order valence-electron chi connectivity index (χ3n) is 3.42. The molecule has 0 fully saturated rings. The number of hydrogen-bond donors (Lipinski definition) is 0. The van der Waals surface area contributed by atoms with Crippen LogP contribution in [0.25, 0.3) is 33.3 Å². The molecule has 0 bridgehead atoms. The van der Waals surface area contributed by atoms with E-state index in [4.69, 9.17) is 4.42 Å². The summed E-state index contributed by atoms with van der Waals surface area (Å²) in [4.78, 5) is 21.0. The van der Waals surface area contributed by atoms with Crippen molar-refractivity contribution in [1.29, 1.82) is 0 Å². The van der Waals surface area contributed by atoms with Crippen molar-refractivity contribution in [3.63, 3.8) is 0 Å². The molecule has 21 heavy (non-hydrogen) atoms. The van der Waals surface area contributed by atoms with E-state index in [-0.39, 0.29) is 5.43 Å². The highest BCUT2D eigenvalue weighted by atomic mass is 16.3. The van der Waals surface area contributed by atoms with Gasteiger partial charge in [0.05, 0.1) is 16.5 Å².